The van der Waals surface area contributed by atoms with Gasteiger partial charge in [-0.05, 0) is 31.0 Å². The second kappa shape index (κ2) is 8.59. The number of carbonyl (C=O) groups is 2. The van der Waals surface area contributed by atoms with Gasteiger partial charge in [-0.15, -0.1) is 11.6 Å². The van der Waals surface area contributed by atoms with Crippen LogP contribution in [0.4, 0.5) is 0 Å². The summed E-state index contributed by atoms with van der Waals surface area (Å²) in [5, 5.41) is 0. The number of benzene rings is 1. The molecule has 0 saturated heterocycles. The lowest BCUT2D eigenvalue weighted by Gasteiger charge is -2.10. The number of unbranched alkanes of at least 4 members (excludes halogenated alkanes) is 1. The second-order valence-corrected chi connectivity index (χ2v) is 4.49. The Morgan fingerprint density at radius 3 is 2.40 bits per heavy atom. The summed E-state index contributed by atoms with van der Waals surface area (Å²) in [6.45, 7) is 4.30. The van der Waals surface area contributed by atoms with Crippen LogP contribution in [0.5, 0.6) is 0 Å². The van der Waals surface area contributed by atoms with Gasteiger partial charge in [-0.25, -0.2) is 9.59 Å². The third kappa shape index (κ3) is 4.53. The maximum absolute atomic E-state index is 12.0. The smallest absolute Gasteiger partial charge is 0.339 e. The van der Waals surface area contributed by atoms with Gasteiger partial charge in [0.2, 0.25) is 0 Å². The van der Waals surface area contributed by atoms with E-state index in [4.69, 9.17) is 21.1 Å². The first kappa shape index (κ1) is 16.5. The molecule has 1 rings (SSSR count). The van der Waals surface area contributed by atoms with Gasteiger partial charge in [0.25, 0.3) is 0 Å². The number of ether oxygens (including phenoxy) is 2. The number of halogens is 1. The van der Waals surface area contributed by atoms with Crippen molar-refractivity contribution in [2.45, 2.75) is 32.6 Å². The number of carbonyl (C=O) groups excluding carboxylic acids is 2. The fourth-order valence-electron chi connectivity index (χ4n) is 1.62. The van der Waals surface area contributed by atoms with Crippen molar-refractivity contribution in [2.24, 2.45) is 0 Å². The molecule has 0 amide bonds. The SMILES string of the molecule is CCCCOC(=O)c1ccc(CCl)cc1C(=O)OCC. The fraction of sp³-hybridized carbons (Fsp3) is 0.467. The molecule has 0 radical (unpaired) electrons. The van der Waals surface area contributed by atoms with Crippen molar-refractivity contribution in [3.05, 3.63) is 34.9 Å². The minimum atomic E-state index is -0.540. The molecule has 0 aliphatic rings. The van der Waals surface area contributed by atoms with Crippen LogP contribution in [0, 0.1) is 0 Å². The zero-order valence-electron chi connectivity index (χ0n) is 11.8. The van der Waals surface area contributed by atoms with E-state index in [1.807, 2.05) is 6.92 Å². The van der Waals surface area contributed by atoms with Crippen molar-refractivity contribution in [3.8, 4) is 0 Å². The van der Waals surface area contributed by atoms with Crippen LogP contribution in [-0.4, -0.2) is 25.2 Å². The molecule has 5 heteroatoms. The molecular formula is C15H19ClO4. The van der Waals surface area contributed by atoms with E-state index in [9.17, 15) is 9.59 Å². The number of hydrogen-bond acceptors (Lipinski definition) is 4. The van der Waals surface area contributed by atoms with Crippen molar-refractivity contribution in [3.63, 3.8) is 0 Å². The van der Waals surface area contributed by atoms with Gasteiger partial charge in [-0.3, -0.25) is 0 Å². The van der Waals surface area contributed by atoms with E-state index in [-0.39, 0.29) is 23.6 Å². The molecule has 0 spiro atoms. The first-order valence-electron chi connectivity index (χ1n) is 6.67. The summed E-state index contributed by atoms with van der Waals surface area (Å²) in [6, 6.07) is 4.83. The molecule has 0 atom stereocenters. The molecule has 20 heavy (non-hydrogen) atoms. The highest BCUT2D eigenvalue weighted by molar-refractivity contribution is 6.17. The van der Waals surface area contributed by atoms with E-state index in [0.29, 0.717) is 6.61 Å². The molecule has 1 aromatic rings. The third-order valence-electron chi connectivity index (χ3n) is 2.68. The van der Waals surface area contributed by atoms with Gasteiger partial charge in [-0.1, -0.05) is 19.4 Å². The Morgan fingerprint density at radius 1 is 1.10 bits per heavy atom. The van der Waals surface area contributed by atoms with Gasteiger partial charge < -0.3 is 9.47 Å². The summed E-state index contributed by atoms with van der Waals surface area (Å²) >= 11 is 5.75. The maximum atomic E-state index is 12.0. The highest BCUT2D eigenvalue weighted by atomic mass is 35.5. The summed E-state index contributed by atoms with van der Waals surface area (Å²) in [5.74, 6) is -0.790. The van der Waals surface area contributed by atoms with Crippen molar-refractivity contribution >= 4 is 23.5 Å². The van der Waals surface area contributed by atoms with E-state index in [0.717, 1.165) is 18.4 Å². The Labute approximate surface area is 124 Å². The summed E-state index contributed by atoms with van der Waals surface area (Å²) in [6.07, 6.45) is 1.73. The monoisotopic (exact) mass is 298 g/mol. The zero-order chi connectivity index (χ0) is 15.0. The molecule has 0 fully saturated rings. The van der Waals surface area contributed by atoms with Crippen LogP contribution in [0.1, 0.15) is 53.0 Å². The van der Waals surface area contributed by atoms with Gasteiger partial charge in [0, 0.05) is 5.88 Å². The largest absolute Gasteiger partial charge is 0.462 e. The average molecular weight is 299 g/mol. The molecular weight excluding hydrogens is 280 g/mol. The standard InChI is InChI=1S/C15H19ClO4/c1-3-5-8-20-14(17)12-7-6-11(10-16)9-13(12)15(18)19-4-2/h6-7,9H,3-5,8,10H2,1-2H3. The Hall–Kier alpha value is -1.55. The third-order valence-corrected chi connectivity index (χ3v) is 2.99. The zero-order valence-corrected chi connectivity index (χ0v) is 12.5. The average Bonchev–Trinajstić information content (AvgIpc) is 2.47. The van der Waals surface area contributed by atoms with Gasteiger partial charge in [-0.2, -0.15) is 0 Å². The molecule has 0 aliphatic heterocycles. The number of alkyl halides is 1. The number of esters is 2. The van der Waals surface area contributed by atoms with Crippen LogP contribution in [0.15, 0.2) is 18.2 Å². The lowest BCUT2D eigenvalue weighted by molar-refractivity contribution is 0.0463. The molecule has 4 nitrogen and oxygen atoms in total. The predicted molar refractivity (Wildman–Crippen MR) is 77.1 cm³/mol. The van der Waals surface area contributed by atoms with Gasteiger partial charge in [0.15, 0.2) is 0 Å². The van der Waals surface area contributed by atoms with Crippen LogP contribution in [0.3, 0.4) is 0 Å². The molecule has 0 saturated carbocycles. The maximum Gasteiger partial charge on any atom is 0.339 e. The highest BCUT2D eigenvalue weighted by Crippen LogP contribution is 2.16. The van der Waals surface area contributed by atoms with E-state index >= 15 is 0 Å². The van der Waals surface area contributed by atoms with E-state index in [2.05, 4.69) is 0 Å². The van der Waals surface area contributed by atoms with Gasteiger partial charge >= 0.3 is 11.9 Å². The first-order valence-corrected chi connectivity index (χ1v) is 7.20. The lowest BCUT2D eigenvalue weighted by atomic mass is 10.0. The molecule has 110 valence electrons. The summed E-state index contributed by atoms with van der Waals surface area (Å²) in [7, 11) is 0. The van der Waals surface area contributed by atoms with Crippen molar-refractivity contribution in [1.29, 1.82) is 0 Å². The quantitative estimate of drug-likeness (QED) is 0.439. The van der Waals surface area contributed by atoms with E-state index in [1.54, 1.807) is 25.1 Å². The van der Waals surface area contributed by atoms with E-state index < -0.39 is 11.9 Å². The molecule has 0 aliphatic carbocycles. The molecule has 0 aromatic heterocycles. The topological polar surface area (TPSA) is 52.6 Å². The predicted octanol–water partition coefficient (Wildman–Crippen LogP) is 3.56. The minimum Gasteiger partial charge on any atom is -0.462 e. The molecule has 0 heterocycles. The van der Waals surface area contributed by atoms with Crippen LogP contribution < -0.4 is 0 Å². The van der Waals surface area contributed by atoms with Crippen LogP contribution >= 0.6 is 11.6 Å². The second-order valence-electron chi connectivity index (χ2n) is 4.22. The molecule has 0 bridgehead atoms. The van der Waals surface area contributed by atoms with Crippen molar-refractivity contribution in [1.82, 2.24) is 0 Å². The Bertz CT molecular complexity index is 471. The summed E-state index contributed by atoms with van der Waals surface area (Å²) < 4.78 is 10.1. The molecule has 1 aromatic carbocycles. The van der Waals surface area contributed by atoms with Crippen LogP contribution in [0.2, 0.25) is 0 Å². The Kier molecular flexibility index (Phi) is 7.09. The van der Waals surface area contributed by atoms with Gasteiger partial charge in [0.05, 0.1) is 24.3 Å². The number of rotatable bonds is 7. The highest BCUT2D eigenvalue weighted by Gasteiger charge is 2.19. The lowest BCUT2D eigenvalue weighted by Crippen LogP contribution is -2.15. The molecule has 0 N–H and O–H groups in total. The van der Waals surface area contributed by atoms with Crippen LogP contribution in [0.25, 0.3) is 0 Å². The minimum absolute atomic E-state index is 0.200. The summed E-state index contributed by atoms with van der Waals surface area (Å²) in [4.78, 5) is 23.9. The van der Waals surface area contributed by atoms with Crippen molar-refractivity contribution < 1.29 is 19.1 Å². The normalized spacial score (nSPS) is 10.2. The fourth-order valence-corrected chi connectivity index (χ4v) is 1.78. The van der Waals surface area contributed by atoms with Gasteiger partial charge in [0.1, 0.15) is 0 Å². The van der Waals surface area contributed by atoms with Crippen LogP contribution in [-0.2, 0) is 15.4 Å². The number of hydrogen-bond donors (Lipinski definition) is 0. The molecule has 0 unspecified atom stereocenters. The first-order chi connectivity index (χ1) is 9.63. The summed E-state index contributed by atoms with van der Waals surface area (Å²) in [5.41, 5.74) is 1.17. The van der Waals surface area contributed by atoms with E-state index in [1.165, 1.54) is 0 Å². The van der Waals surface area contributed by atoms with Crippen molar-refractivity contribution in [2.75, 3.05) is 13.2 Å². The Morgan fingerprint density at radius 2 is 1.80 bits per heavy atom. The Balaban J connectivity index is 2.98.